The summed E-state index contributed by atoms with van der Waals surface area (Å²) in [6.45, 7) is 5.82. The first-order valence-electron chi connectivity index (χ1n) is 7.84. The predicted octanol–water partition coefficient (Wildman–Crippen LogP) is 4.25. The van der Waals surface area contributed by atoms with E-state index >= 15 is 0 Å². The summed E-state index contributed by atoms with van der Waals surface area (Å²) in [5.41, 5.74) is 1.38. The molecule has 0 saturated carbocycles. The molecular formula is C19H27NO. The van der Waals surface area contributed by atoms with Crippen molar-refractivity contribution in [1.29, 1.82) is 0 Å². The lowest BCUT2D eigenvalue weighted by Crippen LogP contribution is -2.29. The van der Waals surface area contributed by atoms with Gasteiger partial charge >= 0.3 is 0 Å². The number of benzene rings is 1. The van der Waals surface area contributed by atoms with Crippen LogP contribution in [0.1, 0.15) is 30.7 Å². The number of likely N-dealkylation sites (N-methyl/N-ethyl adjacent to an activating group) is 1. The SMILES string of the molecule is C=CCN(C)CC(c1cccc(OC)c1)C1C=CCCC1. The molecule has 1 aliphatic carbocycles. The average molecular weight is 285 g/mol. The van der Waals surface area contributed by atoms with Gasteiger partial charge in [-0.05, 0) is 49.9 Å². The second kappa shape index (κ2) is 8.04. The molecule has 21 heavy (non-hydrogen) atoms. The van der Waals surface area contributed by atoms with Crippen molar-refractivity contribution in [3.63, 3.8) is 0 Å². The van der Waals surface area contributed by atoms with Crippen LogP contribution in [0.4, 0.5) is 0 Å². The molecule has 1 aliphatic rings. The molecule has 2 rings (SSSR count). The van der Waals surface area contributed by atoms with Crippen LogP contribution in [0, 0.1) is 5.92 Å². The predicted molar refractivity (Wildman–Crippen MR) is 89.9 cm³/mol. The van der Waals surface area contributed by atoms with Crippen LogP contribution in [0.5, 0.6) is 5.75 Å². The summed E-state index contributed by atoms with van der Waals surface area (Å²) < 4.78 is 5.40. The third-order valence-corrected chi connectivity index (χ3v) is 4.28. The molecule has 114 valence electrons. The summed E-state index contributed by atoms with van der Waals surface area (Å²) in [7, 11) is 3.90. The number of hydrogen-bond donors (Lipinski definition) is 0. The van der Waals surface area contributed by atoms with E-state index in [2.05, 4.69) is 48.9 Å². The normalized spacial score (nSPS) is 19.5. The maximum Gasteiger partial charge on any atom is 0.119 e. The quantitative estimate of drug-likeness (QED) is 0.694. The first-order chi connectivity index (χ1) is 10.2. The van der Waals surface area contributed by atoms with Crippen LogP contribution >= 0.6 is 0 Å². The Morgan fingerprint density at radius 2 is 2.33 bits per heavy atom. The smallest absolute Gasteiger partial charge is 0.119 e. The van der Waals surface area contributed by atoms with Crippen molar-refractivity contribution < 1.29 is 4.74 Å². The van der Waals surface area contributed by atoms with Crippen LogP contribution in [-0.4, -0.2) is 32.1 Å². The van der Waals surface area contributed by atoms with Gasteiger partial charge in [-0.15, -0.1) is 6.58 Å². The van der Waals surface area contributed by atoms with Crippen molar-refractivity contribution in [2.24, 2.45) is 5.92 Å². The fraction of sp³-hybridized carbons (Fsp3) is 0.474. The molecule has 1 aromatic carbocycles. The summed E-state index contributed by atoms with van der Waals surface area (Å²) in [6, 6.07) is 8.54. The van der Waals surface area contributed by atoms with Crippen LogP contribution in [0.2, 0.25) is 0 Å². The Morgan fingerprint density at radius 1 is 1.48 bits per heavy atom. The highest BCUT2D eigenvalue weighted by atomic mass is 16.5. The number of rotatable bonds is 7. The largest absolute Gasteiger partial charge is 0.497 e. The lowest BCUT2D eigenvalue weighted by Gasteiger charge is -2.31. The fourth-order valence-electron chi connectivity index (χ4n) is 3.16. The second-order valence-corrected chi connectivity index (χ2v) is 5.92. The van der Waals surface area contributed by atoms with Gasteiger partial charge in [-0.2, -0.15) is 0 Å². The number of methoxy groups -OCH3 is 1. The topological polar surface area (TPSA) is 12.5 Å². The minimum Gasteiger partial charge on any atom is -0.497 e. The Bertz CT molecular complexity index is 480. The zero-order valence-electron chi connectivity index (χ0n) is 13.3. The van der Waals surface area contributed by atoms with Crippen LogP contribution < -0.4 is 4.74 Å². The first-order valence-corrected chi connectivity index (χ1v) is 7.84. The van der Waals surface area contributed by atoms with Gasteiger partial charge in [0.25, 0.3) is 0 Å². The molecule has 0 aromatic heterocycles. The van der Waals surface area contributed by atoms with Gasteiger partial charge in [0, 0.05) is 19.0 Å². The van der Waals surface area contributed by atoms with Gasteiger partial charge in [0.15, 0.2) is 0 Å². The summed E-state index contributed by atoms with van der Waals surface area (Å²) in [5, 5.41) is 0. The highest BCUT2D eigenvalue weighted by Gasteiger charge is 2.24. The van der Waals surface area contributed by atoms with E-state index in [1.54, 1.807) is 7.11 Å². The van der Waals surface area contributed by atoms with E-state index in [0.717, 1.165) is 18.8 Å². The third-order valence-electron chi connectivity index (χ3n) is 4.28. The molecule has 0 heterocycles. The van der Waals surface area contributed by atoms with Gasteiger partial charge in [0.2, 0.25) is 0 Å². The van der Waals surface area contributed by atoms with Crippen molar-refractivity contribution >= 4 is 0 Å². The van der Waals surface area contributed by atoms with Crippen LogP contribution in [0.3, 0.4) is 0 Å². The minimum atomic E-state index is 0.515. The first kappa shape index (κ1) is 15.8. The van der Waals surface area contributed by atoms with E-state index in [-0.39, 0.29) is 0 Å². The molecule has 2 atom stereocenters. The maximum absolute atomic E-state index is 5.40. The molecule has 0 aliphatic heterocycles. The van der Waals surface area contributed by atoms with Crippen LogP contribution in [0.15, 0.2) is 49.1 Å². The standard InChI is InChI=1S/C19H27NO/c1-4-13-20(2)15-19(16-9-6-5-7-10-16)17-11-8-12-18(14-17)21-3/h4,6,8-9,11-12,14,16,19H,1,5,7,10,13,15H2,2-3H3. The summed E-state index contributed by atoms with van der Waals surface area (Å²) >= 11 is 0. The molecule has 0 N–H and O–H groups in total. The fourth-order valence-corrected chi connectivity index (χ4v) is 3.16. The maximum atomic E-state index is 5.40. The molecule has 0 radical (unpaired) electrons. The molecule has 0 amide bonds. The van der Waals surface area contributed by atoms with Crippen LogP contribution in [-0.2, 0) is 0 Å². The molecule has 0 saturated heterocycles. The van der Waals surface area contributed by atoms with Crippen molar-refractivity contribution in [2.75, 3.05) is 27.2 Å². The molecule has 2 heteroatoms. The monoisotopic (exact) mass is 285 g/mol. The number of nitrogens with zero attached hydrogens (tertiary/aromatic N) is 1. The Hall–Kier alpha value is -1.54. The summed E-state index contributed by atoms with van der Waals surface area (Å²) in [5.74, 6) is 2.09. The molecule has 0 bridgehead atoms. The average Bonchev–Trinajstić information content (AvgIpc) is 2.54. The third kappa shape index (κ3) is 4.47. The number of allylic oxidation sites excluding steroid dienone is 2. The highest BCUT2D eigenvalue weighted by Crippen LogP contribution is 2.34. The molecular weight excluding hydrogens is 258 g/mol. The van der Waals surface area contributed by atoms with E-state index in [9.17, 15) is 0 Å². The molecule has 2 nitrogen and oxygen atoms in total. The van der Waals surface area contributed by atoms with E-state index < -0.39 is 0 Å². The van der Waals surface area contributed by atoms with Crippen molar-refractivity contribution in [2.45, 2.75) is 25.2 Å². The number of ether oxygens (including phenoxy) is 1. The molecule has 2 unspecified atom stereocenters. The van der Waals surface area contributed by atoms with E-state index in [1.165, 1.54) is 24.8 Å². The lowest BCUT2D eigenvalue weighted by molar-refractivity contribution is 0.298. The molecule has 1 aromatic rings. The van der Waals surface area contributed by atoms with Gasteiger partial charge in [-0.1, -0.05) is 30.4 Å². The Labute approximate surface area is 129 Å². The van der Waals surface area contributed by atoms with Gasteiger partial charge in [-0.25, -0.2) is 0 Å². The molecule has 0 fully saturated rings. The van der Waals surface area contributed by atoms with Crippen molar-refractivity contribution in [3.8, 4) is 5.75 Å². The Balaban J connectivity index is 2.22. The zero-order chi connectivity index (χ0) is 15.1. The summed E-state index contributed by atoms with van der Waals surface area (Å²) in [4.78, 5) is 2.35. The van der Waals surface area contributed by atoms with E-state index in [0.29, 0.717) is 11.8 Å². The zero-order valence-corrected chi connectivity index (χ0v) is 13.3. The molecule has 0 spiro atoms. The van der Waals surface area contributed by atoms with Crippen molar-refractivity contribution in [3.05, 3.63) is 54.6 Å². The lowest BCUT2D eigenvalue weighted by atomic mass is 9.80. The van der Waals surface area contributed by atoms with Gasteiger partial charge in [0.05, 0.1) is 7.11 Å². The summed E-state index contributed by atoms with van der Waals surface area (Å²) in [6.07, 6.45) is 10.5. The number of hydrogen-bond acceptors (Lipinski definition) is 2. The van der Waals surface area contributed by atoms with E-state index in [4.69, 9.17) is 4.74 Å². The minimum absolute atomic E-state index is 0.515. The Kier molecular flexibility index (Phi) is 6.06. The second-order valence-electron chi connectivity index (χ2n) is 5.92. The van der Waals surface area contributed by atoms with Gasteiger partial charge in [-0.3, -0.25) is 0 Å². The van der Waals surface area contributed by atoms with Gasteiger partial charge < -0.3 is 9.64 Å². The Morgan fingerprint density at radius 3 is 3.00 bits per heavy atom. The van der Waals surface area contributed by atoms with Crippen LogP contribution in [0.25, 0.3) is 0 Å². The highest BCUT2D eigenvalue weighted by molar-refractivity contribution is 5.32. The van der Waals surface area contributed by atoms with Gasteiger partial charge in [0.1, 0.15) is 5.75 Å². The van der Waals surface area contributed by atoms with E-state index in [1.807, 2.05) is 12.1 Å². The van der Waals surface area contributed by atoms with Crippen molar-refractivity contribution in [1.82, 2.24) is 4.90 Å².